The molecule has 2 aromatic rings. The summed E-state index contributed by atoms with van der Waals surface area (Å²) in [5.41, 5.74) is 0. The highest BCUT2D eigenvalue weighted by Crippen LogP contribution is 2.25. The quantitative estimate of drug-likeness (QED) is 0.780. The van der Waals surface area contributed by atoms with Crippen LogP contribution in [0.4, 0.5) is 0 Å². The van der Waals surface area contributed by atoms with Gasteiger partial charge in [0.15, 0.2) is 5.78 Å². The molecule has 2 nitrogen and oxygen atoms in total. The van der Waals surface area contributed by atoms with Crippen molar-refractivity contribution in [2.24, 2.45) is 0 Å². The maximum absolute atomic E-state index is 12.2. The van der Waals surface area contributed by atoms with E-state index in [4.69, 9.17) is 23.2 Å². The molecule has 0 bridgehead atoms. The first-order valence-corrected chi connectivity index (χ1v) is 8.29. The normalized spacial score (nSPS) is 12.4. The number of hydrogen-bond acceptors (Lipinski definition) is 3. The molecule has 0 saturated carbocycles. The monoisotopic (exact) mass is 332 g/mol. The molecule has 0 aliphatic rings. The number of thiophene rings is 1. The summed E-state index contributed by atoms with van der Waals surface area (Å²) in [6, 6.07) is 8.35. The molecule has 0 fully saturated rings. The predicted octanol–water partition coefficient (Wildman–Crippen LogP) is 4.35. The van der Waals surface area contributed by atoms with Crippen LogP contribution in [0.3, 0.4) is 0 Å². The maximum Gasteiger partial charge on any atom is 0.185 e. The third-order valence-electron chi connectivity index (χ3n) is 2.42. The van der Waals surface area contributed by atoms with Crippen LogP contribution in [-0.2, 0) is 10.8 Å². The maximum atomic E-state index is 12.2. The van der Waals surface area contributed by atoms with Crippen LogP contribution in [0.5, 0.6) is 0 Å². The first kappa shape index (κ1) is 14.7. The molecule has 0 saturated heterocycles. The smallest absolute Gasteiger partial charge is 0.185 e. The van der Waals surface area contributed by atoms with Gasteiger partial charge in [0, 0.05) is 9.90 Å². The van der Waals surface area contributed by atoms with E-state index in [0.717, 1.165) is 4.88 Å². The van der Waals surface area contributed by atoms with Gasteiger partial charge in [-0.3, -0.25) is 9.00 Å². The van der Waals surface area contributed by atoms with Gasteiger partial charge in [0.1, 0.15) is 0 Å². The second kappa shape index (κ2) is 6.18. The topological polar surface area (TPSA) is 34.1 Å². The fourth-order valence-corrected chi connectivity index (χ4v) is 4.11. The summed E-state index contributed by atoms with van der Waals surface area (Å²) >= 11 is 13.2. The minimum atomic E-state index is -1.49. The largest absolute Gasteiger partial charge is 0.292 e. The molecule has 6 heteroatoms. The van der Waals surface area contributed by atoms with Gasteiger partial charge in [0.2, 0.25) is 0 Å². The van der Waals surface area contributed by atoms with Crippen LogP contribution in [0.1, 0.15) is 14.5 Å². The summed E-state index contributed by atoms with van der Waals surface area (Å²) in [7, 11) is -1.49. The Bertz CT molecular complexity index is 650. The SMILES string of the molecule is Cc1ccc(C(=O)CS(=O)c2cc(Cl)ccc2Cl)s1. The lowest BCUT2D eigenvalue weighted by Crippen LogP contribution is -2.10. The van der Waals surface area contributed by atoms with E-state index in [9.17, 15) is 9.00 Å². The number of ketones is 1. The van der Waals surface area contributed by atoms with E-state index in [-0.39, 0.29) is 11.5 Å². The van der Waals surface area contributed by atoms with Crippen LogP contribution in [0.25, 0.3) is 0 Å². The fourth-order valence-electron chi connectivity index (χ4n) is 1.50. The Hall–Kier alpha value is -0.680. The van der Waals surface area contributed by atoms with Gasteiger partial charge >= 0.3 is 0 Å². The first-order chi connectivity index (χ1) is 8.97. The Labute approximate surface area is 127 Å². The van der Waals surface area contributed by atoms with Gasteiger partial charge in [-0.25, -0.2) is 0 Å². The molecule has 0 aliphatic heterocycles. The minimum absolute atomic E-state index is 0.0833. The van der Waals surface area contributed by atoms with E-state index >= 15 is 0 Å². The Morgan fingerprint density at radius 1 is 1.26 bits per heavy atom. The van der Waals surface area contributed by atoms with Gasteiger partial charge in [-0.2, -0.15) is 0 Å². The highest BCUT2D eigenvalue weighted by Gasteiger charge is 2.16. The van der Waals surface area contributed by atoms with Crippen LogP contribution >= 0.6 is 34.5 Å². The van der Waals surface area contributed by atoms with Crippen molar-refractivity contribution >= 4 is 51.1 Å². The number of Topliss-reactive ketones (excluding diaryl/α,β-unsaturated/α-hetero) is 1. The van der Waals surface area contributed by atoms with E-state index in [0.29, 0.717) is 19.8 Å². The second-order valence-electron chi connectivity index (χ2n) is 3.90. The molecule has 1 aromatic carbocycles. The average Bonchev–Trinajstić information content (AvgIpc) is 2.79. The van der Waals surface area contributed by atoms with Gasteiger partial charge in [-0.05, 0) is 37.3 Å². The summed E-state index contributed by atoms with van der Waals surface area (Å²) in [6.45, 7) is 1.92. The third-order valence-corrected chi connectivity index (χ3v) is 5.49. The number of rotatable bonds is 4. The summed E-state index contributed by atoms with van der Waals surface area (Å²) in [6.07, 6.45) is 0. The third kappa shape index (κ3) is 3.66. The summed E-state index contributed by atoms with van der Waals surface area (Å²) in [4.78, 5) is 14.0. The highest BCUT2D eigenvalue weighted by atomic mass is 35.5. The van der Waals surface area contributed by atoms with E-state index in [1.807, 2.05) is 13.0 Å². The van der Waals surface area contributed by atoms with Crippen molar-refractivity contribution in [1.82, 2.24) is 0 Å². The number of benzene rings is 1. The van der Waals surface area contributed by atoms with Gasteiger partial charge in [-0.1, -0.05) is 23.2 Å². The zero-order valence-electron chi connectivity index (χ0n) is 9.98. The van der Waals surface area contributed by atoms with Crippen molar-refractivity contribution in [3.8, 4) is 0 Å². The number of carbonyl (C=O) groups is 1. The summed E-state index contributed by atoms with van der Waals surface area (Å²) in [5, 5.41) is 0.810. The standard InChI is InChI=1S/C13H10Cl2O2S2/c1-8-2-5-12(18-8)11(16)7-19(17)13-6-9(14)3-4-10(13)15/h2-6H,7H2,1H3. The van der Waals surface area contributed by atoms with Crippen LogP contribution < -0.4 is 0 Å². The van der Waals surface area contributed by atoms with Crippen LogP contribution in [0.2, 0.25) is 10.0 Å². The molecule has 0 radical (unpaired) electrons. The van der Waals surface area contributed by atoms with Crippen LogP contribution in [-0.4, -0.2) is 15.7 Å². The van der Waals surface area contributed by atoms with Crippen molar-refractivity contribution in [2.75, 3.05) is 5.75 Å². The molecular weight excluding hydrogens is 323 g/mol. The Balaban J connectivity index is 2.17. The molecule has 19 heavy (non-hydrogen) atoms. The zero-order chi connectivity index (χ0) is 14.0. The lowest BCUT2D eigenvalue weighted by molar-refractivity contribution is 0.102. The Kier molecular flexibility index (Phi) is 4.79. The van der Waals surface area contributed by atoms with Crippen molar-refractivity contribution in [2.45, 2.75) is 11.8 Å². The predicted molar refractivity (Wildman–Crippen MR) is 81.1 cm³/mol. The minimum Gasteiger partial charge on any atom is -0.292 e. The lowest BCUT2D eigenvalue weighted by Gasteiger charge is -2.04. The Morgan fingerprint density at radius 2 is 2.00 bits per heavy atom. The molecule has 1 aromatic heterocycles. The van der Waals surface area contributed by atoms with Crippen molar-refractivity contribution in [3.63, 3.8) is 0 Å². The van der Waals surface area contributed by atoms with Gasteiger partial charge < -0.3 is 0 Å². The zero-order valence-corrected chi connectivity index (χ0v) is 13.1. The highest BCUT2D eigenvalue weighted by molar-refractivity contribution is 7.86. The summed E-state index contributed by atoms with van der Waals surface area (Å²) < 4.78 is 12.2. The van der Waals surface area contributed by atoms with Crippen LogP contribution in [0, 0.1) is 6.92 Å². The first-order valence-electron chi connectivity index (χ1n) is 5.40. The molecule has 2 rings (SSSR count). The van der Waals surface area contributed by atoms with Crippen molar-refractivity contribution < 1.29 is 9.00 Å². The molecule has 0 aliphatic carbocycles. The van der Waals surface area contributed by atoms with Crippen molar-refractivity contribution in [1.29, 1.82) is 0 Å². The Morgan fingerprint density at radius 3 is 2.63 bits per heavy atom. The van der Waals surface area contributed by atoms with E-state index in [1.165, 1.54) is 17.4 Å². The molecule has 0 amide bonds. The molecule has 0 N–H and O–H groups in total. The number of hydrogen-bond donors (Lipinski definition) is 0. The number of aryl methyl sites for hydroxylation is 1. The molecule has 100 valence electrons. The van der Waals surface area contributed by atoms with E-state index < -0.39 is 10.8 Å². The van der Waals surface area contributed by atoms with Crippen LogP contribution in [0.15, 0.2) is 35.2 Å². The molecule has 1 unspecified atom stereocenters. The average molecular weight is 333 g/mol. The van der Waals surface area contributed by atoms with Gasteiger partial charge in [-0.15, -0.1) is 11.3 Å². The molecular formula is C13H10Cl2O2S2. The van der Waals surface area contributed by atoms with Gasteiger partial charge in [0.25, 0.3) is 0 Å². The van der Waals surface area contributed by atoms with E-state index in [1.54, 1.807) is 18.2 Å². The summed E-state index contributed by atoms with van der Waals surface area (Å²) in [5.74, 6) is -0.229. The van der Waals surface area contributed by atoms with Crippen molar-refractivity contribution in [3.05, 3.63) is 50.1 Å². The van der Waals surface area contributed by atoms with Gasteiger partial charge in [0.05, 0.1) is 31.3 Å². The molecule has 1 heterocycles. The molecule has 0 spiro atoms. The molecule has 1 atom stereocenters. The van der Waals surface area contributed by atoms with E-state index in [2.05, 4.69) is 0 Å². The fraction of sp³-hybridized carbons (Fsp3) is 0.154. The number of carbonyl (C=O) groups excluding carboxylic acids is 1. The number of halogens is 2. The second-order valence-corrected chi connectivity index (χ2v) is 7.45. The lowest BCUT2D eigenvalue weighted by atomic mass is 10.3.